The summed E-state index contributed by atoms with van der Waals surface area (Å²) in [5.74, 6) is 0.101. The number of aromatic nitrogens is 2. The number of hydrogen-bond donors (Lipinski definition) is 0. The number of methoxy groups -OCH3 is 1. The number of carbonyl (C=O) groups excluding carboxylic acids is 2. The van der Waals surface area contributed by atoms with Crippen LogP contribution in [0.25, 0.3) is 17.0 Å². The van der Waals surface area contributed by atoms with Gasteiger partial charge in [-0.25, -0.2) is 4.99 Å². The van der Waals surface area contributed by atoms with E-state index in [1.807, 2.05) is 86.9 Å². The van der Waals surface area contributed by atoms with Gasteiger partial charge in [0.1, 0.15) is 18.3 Å². The first-order chi connectivity index (χ1) is 20.7. The highest BCUT2D eigenvalue weighted by atomic mass is 32.1. The van der Waals surface area contributed by atoms with Gasteiger partial charge in [0.05, 0.1) is 29.5 Å². The van der Waals surface area contributed by atoms with Gasteiger partial charge in [-0.1, -0.05) is 47.7 Å². The predicted molar refractivity (Wildman–Crippen MR) is 168 cm³/mol. The van der Waals surface area contributed by atoms with E-state index in [4.69, 9.17) is 14.5 Å². The maximum Gasteiger partial charge on any atom is 0.325 e. The van der Waals surface area contributed by atoms with E-state index < -0.39 is 6.04 Å². The number of hydrogen-bond acceptors (Lipinski definition) is 7. The number of nitrogens with zero attached hydrogens (tertiary/aromatic N) is 4. The normalized spacial score (nSPS) is 14.9. The molecule has 43 heavy (non-hydrogen) atoms. The average molecular weight is 601 g/mol. The molecule has 1 atom stereocenters. The summed E-state index contributed by atoms with van der Waals surface area (Å²) in [5, 5.41) is 0.921. The predicted octanol–water partition coefficient (Wildman–Crippen LogP) is 3.94. The highest BCUT2D eigenvalue weighted by molar-refractivity contribution is 7.07. The molecule has 224 valence electrons. The average Bonchev–Trinajstić information content (AvgIpc) is 3.45. The minimum Gasteiger partial charge on any atom is -0.496 e. The molecule has 2 aromatic heterocycles. The van der Waals surface area contributed by atoms with E-state index in [1.165, 1.54) is 11.3 Å². The van der Waals surface area contributed by atoms with Crippen LogP contribution in [0.15, 0.2) is 69.6 Å². The minimum atomic E-state index is -0.714. The van der Waals surface area contributed by atoms with E-state index in [0.29, 0.717) is 51.6 Å². The molecule has 9 nitrogen and oxygen atoms in total. The molecule has 4 aromatic rings. The number of likely N-dealkylation sites (N-methyl/N-ethyl adjacent to an activating group) is 1. The Kier molecular flexibility index (Phi) is 8.68. The van der Waals surface area contributed by atoms with E-state index in [-0.39, 0.29) is 24.0 Å². The van der Waals surface area contributed by atoms with Crippen molar-refractivity contribution < 1.29 is 19.1 Å². The van der Waals surface area contributed by atoms with Gasteiger partial charge in [-0.3, -0.25) is 19.0 Å². The smallest absolute Gasteiger partial charge is 0.325 e. The van der Waals surface area contributed by atoms with Crippen molar-refractivity contribution in [2.75, 3.05) is 26.8 Å². The summed E-state index contributed by atoms with van der Waals surface area (Å²) in [6.45, 7) is 10.8. The largest absolute Gasteiger partial charge is 0.496 e. The quantitative estimate of drug-likeness (QED) is 0.271. The standard InChI is InChI=1S/C33H36N4O5S/c1-7-35(8-2)32(40)29-20(4)34-33-37(30(29)23-15-11-13-17-26(23)41-6)31(39)27(43-33)18-24-21(5)36(19-28(38)42-9-3)25-16-12-10-14-22(24)25/h10-18,30H,7-9,19H2,1-6H3/b27-18+/t30-/m0/s1. The fraction of sp³-hybridized carbons (Fsp3) is 0.333. The Hall–Kier alpha value is -4.44. The van der Waals surface area contributed by atoms with Crippen molar-refractivity contribution in [2.45, 2.75) is 47.2 Å². The molecule has 0 saturated heterocycles. The van der Waals surface area contributed by atoms with Crippen molar-refractivity contribution in [1.29, 1.82) is 0 Å². The van der Waals surface area contributed by atoms with Crippen molar-refractivity contribution in [3.63, 3.8) is 0 Å². The molecule has 1 aliphatic rings. The lowest BCUT2D eigenvalue weighted by atomic mass is 9.94. The summed E-state index contributed by atoms with van der Waals surface area (Å²) in [6, 6.07) is 14.6. The van der Waals surface area contributed by atoms with Gasteiger partial charge in [-0.2, -0.15) is 0 Å². The topological polar surface area (TPSA) is 95.1 Å². The third-order valence-electron chi connectivity index (χ3n) is 7.88. The Morgan fingerprint density at radius 3 is 2.44 bits per heavy atom. The third-order valence-corrected chi connectivity index (χ3v) is 8.87. The zero-order chi connectivity index (χ0) is 30.8. The zero-order valence-corrected chi connectivity index (χ0v) is 26.2. The summed E-state index contributed by atoms with van der Waals surface area (Å²) in [6.07, 6.45) is 1.87. The van der Waals surface area contributed by atoms with Crippen molar-refractivity contribution in [2.24, 2.45) is 4.99 Å². The SMILES string of the molecule is CCOC(=O)Cn1c(C)c(/C=c2/sc3n(c2=O)[C@@H](c2ccccc2OC)C(C(=O)N(CC)CC)=C(C)N=3)c2ccccc21. The second-order valence-electron chi connectivity index (χ2n) is 10.2. The molecule has 0 aliphatic carbocycles. The van der Waals surface area contributed by atoms with Gasteiger partial charge in [0.25, 0.3) is 11.5 Å². The number of amides is 1. The molecule has 5 rings (SSSR count). The third kappa shape index (κ3) is 5.31. The second kappa shape index (κ2) is 12.4. The molecule has 0 bridgehead atoms. The summed E-state index contributed by atoms with van der Waals surface area (Å²) >= 11 is 1.28. The van der Waals surface area contributed by atoms with Crippen LogP contribution in [0.2, 0.25) is 0 Å². The molecular formula is C33H36N4O5S. The molecule has 10 heteroatoms. The molecule has 1 aliphatic heterocycles. The van der Waals surface area contributed by atoms with Crippen LogP contribution in [-0.4, -0.2) is 52.7 Å². The maximum absolute atomic E-state index is 14.3. The first-order valence-corrected chi connectivity index (χ1v) is 15.2. The van der Waals surface area contributed by atoms with Crippen LogP contribution in [0.3, 0.4) is 0 Å². The highest BCUT2D eigenvalue weighted by Crippen LogP contribution is 2.36. The van der Waals surface area contributed by atoms with Crippen LogP contribution in [-0.2, 0) is 20.9 Å². The summed E-state index contributed by atoms with van der Waals surface area (Å²) in [7, 11) is 1.58. The Balaban J connectivity index is 1.75. The molecule has 0 unspecified atom stereocenters. The fourth-order valence-electron chi connectivity index (χ4n) is 5.77. The molecule has 0 fully saturated rings. The Morgan fingerprint density at radius 1 is 1.05 bits per heavy atom. The van der Waals surface area contributed by atoms with Crippen LogP contribution in [0.5, 0.6) is 5.75 Å². The van der Waals surface area contributed by atoms with Gasteiger partial charge in [0, 0.05) is 40.8 Å². The molecular weight excluding hydrogens is 564 g/mol. The molecule has 0 N–H and O–H groups in total. The first kappa shape index (κ1) is 30.0. The number of esters is 1. The van der Waals surface area contributed by atoms with Gasteiger partial charge in [0.2, 0.25) is 0 Å². The number of fused-ring (bicyclic) bond motifs is 2. The lowest BCUT2D eigenvalue weighted by Gasteiger charge is -2.29. The van der Waals surface area contributed by atoms with E-state index in [0.717, 1.165) is 22.2 Å². The van der Waals surface area contributed by atoms with Crippen LogP contribution in [0.1, 0.15) is 50.6 Å². The number of benzene rings is 2. The van der Waals surface area contributed by atoms with Gasteiger partial charge in [-0.15, -0.1) is 0 Å². The summed E-state index contributed by atoms with van der Waals surface area (Å²) in [4.78, 5) is 47.7. The first-order valence-electron chi connectivity index (χ1n) is 14.4. The van der Waals surface area contributed by atoms with Crippen molar-refractivity contribution in [3.8, 4) is 5.75 Å². The highest BCUT2D eigenvalue weighted by Gasteiger charge is 2.35. The van der Waals surface area contributed by atoms with E-state index in [9.17, 15) is 14.4 Å². The number of ether oxygens (including phenoxy) is 2. The second-order valence-corrected chi connectivity index (χ2v) is 11.2. The molecule has 3 heterocycles. The van der Waals surface area contributed by atoms with Gasteiger partial charge in [-0.05, 0) is 52.8 Å². The maximum atomic E-state index is 14.3. The van der Waals surface area contributed by atoms with Crippen molar-refractivity contribution in [1.82, 2.24) is 14.0 Å². The van der Waals surface area contributed by atoms with Crippen LogP contribution >= 0.6 is 11.3 Å². The fourth-order valence-corrected chi connectivity index (χ4v) is 6.80. The molecule has 2 aromatic carbocycles. The van der Waals surface area contributed by atoms with Gasteiger partial charge in [0.15, 0.2) is 4.80 Å². The summed E-state index contributed by atoms with van der Waals surface area (Å²) in [5.41, 5.74) is 4.05. The van der Waals surface area contributed by atoms with Gasteiger partial charge < -0.3 is 18.9 Å². The monoisotopic (exact) mass is 600 g/mol. The zero-order valence-electron chi connectivity index (χ0n) is 25.3. The Labute approximate surface area is 254 Å². The molecule has 0 saturated carbocycles. The number of carbonyl (C=O) groups is 2. The van der Waals surface area contributed by atoms with E-state index in [2.05, 4.69) is 0 Å². The Bertz CT molecular complexity index is 1930. The summed E-state index contributed by atoms with van der Waals surface area (Å²) < 4.78 is 14.9. The molecule has 1 amide bonds. The van der Waals surface area contributed by atoms with Crippen LogP contribution in [0, 0.1) is 6.92 Å². The number of allylic oxidation sites excluding steroid dienone is 1. The van der Waals surface area contributed by atoms with Crippen molar-refractivity contribution >= 4 is 40.2 Å². The van der Waals surface area contributed by atoms with Crippen molar-refractivity contribution in [3.05, 3.63) is 96.3 Å². The van der Waals surface area contributed by atoms with E-state index >= 15 is 0 Å². The van der Waals surface area contributed by atoms with Gasteiger partial charge >= 0.3 is 5.97 Å². The number of rotatable bonds is 9. The number of thiazole rings is 1. The van der Waals surface area contributed by atoms with E-state index in [1.54, 1.807) is 23.5 Å². The van der Waals surface area contributed by atoms with Crippen LogP contribution in [0.4, 0.5) is 0 Å². The minimum absolute atomic E-state index is 0.0686. The lowest BCUT2D eigenvalue weighted by Crippen LogP contribution is -2.43. The van der Waals surface area contributed by atoms with Crippen LogP contribution < -0.4 is 19.6 Å². The molecule has 0 spiro atoms. The lowest BCUT2D eigenvalue weighted by molar-refractivity contribution is -0.143. The molecule has 0 radical (unpaired) electrons. The number of para-hydroxylation sites is 2. The Morgan fingerprint density at radius 2 is 1.74 bits per heavy atom.